The minimum atomic E-state index is -0.488. The van der Waals surface area contributed by atoms with Crippen LogP contribution in [0.15, 0.2) is 48.7 Å². The van der Waals surface area contributed by atoms with E-state index in [9.17, 15) is 9.90 Å². The molecule has 0 amide bonds. The number of para-hydroxylation sites is 3. The molecule has 128 valence electrons. The van der Waals surface area contributed by atoms with Crippen molar-refractivity contribution in [3.63, 3.8) is 0 Å². The molecule has 2 aromatic carbocycles. The number of hydrogen-bond donors (Lipinski definition) is 2. The highest BCUT2D eigenvalue weighted by molar-refractivity contribution is 6.07. The van der Waals surface area contributed by atoms with Crippen LogP contribution in [0.5, 0.6) is 11.5 Å². The van der Waals surface area contributed by atoms with Crippen molar-refractivity contribution in [2.24, 2.45) is 0 Å². The lowest BCUT2D eigenvalue weighted by molar-refractivity contribution is 0.0527. The summed E-state index contributed by atoms with van der Waals surface area (Å²) in [5.41, 5.74) is 1.87. The van der Waals surface area contributed by atoms with Crippen molar-refractivity contribution < 1.29 is 19.4 Å². The molecule has 0 saturated carbocycles. The number of fused-ring (bicyclic) bond motifs is 1. The first kappa shape index (κ1) is 16.6. The normalized spacial score (nSPS) is 10.5. The summed E-state index contributed by atoms with van der Waals surface area (Å²) in [7, 11) is 1.56. The van der Waals surface area contributed by atoms with E-state index in [-0.39, 0.29) is 17.9 Å². The molecule has 6 heteroatoms. The average molecular weight is 338 g/mol. The first-order chi connectivity index (χ1) is 12.2. The van der Waals surface area contributed by atoms with E-state index < -0.39 is 5.97 Å². The van der Waals surface area contributed by atoms with E-state index >= 15 is 0 Å². The van der Waals surface area contributed by atoms with Crippen molar-refractivity contribution >= 4 is 28.2 Å². The zero-order valence-corrected chi connectivity index (χ0v) is 13.9. The Bertz CT molecular complexity index is 924. The third-order valence-electron chi connectivity index (χ3n) is 3.74. The summed E-state index contributed by atoms with van der Waals surface area (Å²) < 4.78 is 10.5. The van der Waals surface area contributed by atoms with Gasteiger partial charge >= 0.3 is 5.97 Å². The number of esters is 1. The SMILES string of the molecule is CCOC(=O)c1cnc2c(OC)cccc2c1Nc1ccccc1O. The number of methoxy groups -OCH3 is 1. The number of hydrogen-bond acceptors (Lipinski definition) is 6. The van der Waals surface area contributed by atoms with Crippen LogP contribution in [0.25, 0.3) is 10.9 Å². The fourth-order valence-electron chi connectivity index (χ4n) is 2.57. The maximum atomic E-state index is 12.3. The van der Waals surface area contributed by atoms with Crippen LogP contribution >= 0.6 is 0 Å². The molecule has 1 aromatic heterocycles. The largest absolute Gasteiger partial charge is 0.506 e. The van der Waals surface area contributed by atoms with Gasteiger partial charge in [-0.15, -0.1) is 0 Å². The van der Waals surface area contributed by atoms with Gasteiger partial charge in [-0.3, -0.25) is 4.98 Å². The second-order valence-corrected chi connectivity index (χ2v) is 5.27. The molecule has 0 aliphatic heterocycles. The van der Waals surface area contributed by atoms with E-state index in [2.05, 4.69) is 10.3 Å². The molecule has 0 radical (unpaired) electrons. The average Bonchev–Trinajstić information content (AvgIpc) is 2.63. The summed E-state index contributed by atoms with van der Waals surface area (Å²) in [5, 5.41) is 13.9. The summed E-state index contributed by atoms with van der Waals surface area (Å²) >= 11 is 0. The molecule has 3 rings (SSSR count). The number of phenols is 1. The number of anilines is 2. The van der Waals surface area contributed by atoms with Crippen LogP contribution < -0.4 is 10.1 Å². The number of rotatable bonds is 5. The molecule has 0 fully saturated rings. The molecule has 3 aromatic rings. The molecule has 0 saturated heterocycles. The van der Waals surface area contributed by atoms with Gasteiger partial charge in [-0.25, -0.2) is 4.79 Å². The van der Waals surface area contributed by atoms with Crippen molar-refractivity contribution in [3.05, 3.63) is 54.2 Å². The van der Waals surface area contributed by atoms with E-state index in [1.807, 2.05) is 12.1 Å². The molecule has 0 aliphatic rings. The lowest BCUT2D eigenvalue weighted by Crippen LogP contribution is -2.09. The number of pyridine rings is 1. The molecule has 0 atom stereocenters. The number of aromatic nitrogens is 1. The third kappa shape index (κ3) is 3.19. The predicted octanol–water partition coefficient (Wildman–Crippen LogP) is 3.87. The topological polar surface area (TPSA) is 80.7 Å². The van der Waals surface area contributed by atoms with Crippen LogP contribution in [-0.4, -0.2) is 29.8 Å². The van der Waals surface area contributed by atoms with Gasteiger partial charge in [0.05, 0.1) is 25.1 Å². The first-order valence-electron chi connectivity index (χ1n) is 7.83. The van der Waals surface area contributed by atoms with Gasteiger partial charge in [0.25, 0.3) is 0 Å². The van der Waals surface area contributed by atoms with Crippen LogP contribution in [-0.2, 0) is 4.74 Å². The first-order valence-corrected chi connectivity index (χ1v) is 7.83. The Morgan fingerprint density at radius 2 is 2.00 bits per heavy atom. The highest BCUT2D eigenvalue weighted by atomic mass is 16.5. The molecule has 0 unspecified atom stereocenters. The maximum Gasteiger partial charge on any atom is 0.341 e. The molecule has 1 heterocycles. The molecule has 0 aliphatic carbocycles. The van der Waals surface area contributed by atoms with Crippen LogP contribution in [0.2, 0.25) is 0 Å². The standard InChI is InChI=1S/C19H18N2O4/c1-3-25-19(23)13-11-20-18-12(7-6-10-16(18)24-2)17(13)21-14-8-4-5-9-15(14)22/h4-11,22H,3H2,1-2H3,(H,20,21). The van der Waals surface area contributed by atoms with E-state index in [0.717, 1.165) is 0 Å². The third-order valence-corrected chi connectivity index (χ3v) is 3.74. The molecular formula is C19H18N2O4. The number of carbonyl (C=O) groups is 1. The summed E-state index contributed by atoms with van der Waals surface area (Å²) in [6, 6.07) is 12.2. The van der Waals surface area contributed by atoms with Crippen LogP contribution in [0, 0.1) is 0 Å². The van der Waals surface area contributed by atoms with E-state index in [4.69, 9.17) is 9.47 Å². The lowest BCUT2D eigenvalue weighted by atomic mass is 10.1. The Kier molecular flexibility index (Phi) is 4.70. The minimum absolute atomic E-state index is 0.0742. The van der Waals surface area contributed by atoms with Gasteiger partial charge in [-0.05, 0) is 25.1 Å². The Hall–Kier alpha value is -3.28. The van der Waals surface area contributed by atoms with Crippen molar-refractivity contribution in [1.82, 2.24) is 4.98 Å². The number of carbonyl (C=O) groups excluding carboxylic acids is 1. The Labute approximate surface area is 145 Å². The minimum Gasteiger partial charge on any atom is -0.506 e. The van der Waals surface area contributed by atoms with Crippen LogP contribution in [0.4, 0.5) is 11.4 Å². The predicted molar refractivity (Wildman–Crippen MR) is 95.6 cm³/mol. The van der Waals surface area contributed by atoms with Gasteiger partial charge < -0.3 is 19.9 Å². The van der Waals surface area contributed by atoms with Gasteiger partial charge in [0.1, 0.15) is 22.6 Å². The lowest BCUT2D eigenvalue weighted by Gasteiger charge is -2.16. The van der Waals surface area contributed by atoms with Crippen molar-refractivity contribution in [2.75, 3.05) is 19.0 Å². The fourth-order valence-corrected chi connectivity index (χ4v) is 2.57. The second kappa shape index (κ2) is 7.09. The summed E-state index contributed by atoms with van der Waals surface area (Å²) in [5.74, 6) is 0.177. The quantitative estimate of drug-likeness (QED) is 0.543. The van der Waals surface area contributed by atoms with Crippen LogP contribution in [0.1, 0.15) is 17.3 Å². The monoisotopic (exact) mass is 338 g/mol. The zero-order valence-electron chi connectivity index (χ0n) is 13.9. The number of phenolic OH excluding ortho intramolecular Hbond substituents is 1. The van der Waals surface area contributed by atoms with Gasteiger partial charge in [0.15, 0.2) is 0 Å². The number of aromatic hydroxyl groups is 1. The highest BCUT2D eigenvalue weighted by Gasteiger charge is 2.19. The Balaban J connectivity index is 2.22. The summed E-state index contributed by atoms with van der Waals surface area (Å²) in [6.45, 7) is 2.00. The van der Waals surface area contributed by atoms with E-state index in [0.29, 0.717) is 28.0 Å². The van der Waals surface area contributed by atoms with Gasteiger partial charge in [0.2, 0.25) is 0 Å². The number of nitrogens with zero attached hydrogens (tertiary/aromatic N) is 1. The molecule has 2 N–H and O–H groups in total. The fraction of sp³-hybridized carbons (Fsp3) is 0.158. The van der Waals surface area contributed by atoms with Gasteiger partial charge in [-0.2, -0.15) is 0 Å². The van der Waals surface area contributed by atoms with E-state index in [1.54, 1.807) is 44.4 Å². The molecule has 6 nitrogen and oxygen atoms in total. The molecule has 0 spiro atoms. The Morgan fingerprint density at radius 3 is 2.72 bits per heavy atom. The summed E-state index contributed by atoms with van der Waals surface area (Å²) in [6.07, 6.45) is 1.45. The van der Waals surface area contributed by atoms with Crippen molar-refractivity contribution in [3.8, 4) is 11.5 Å². The van der Waals surface area contributed by atoms with E-state index in [1.165, 1.54) is 6.20 Å². The maximum absolute atomic E-state index is 12.3. The van der Waals surface area contributed by atoms with Crippen molar-refractivity contribution in [2.45, 2.75) is 6.92 Å². The van der Waals surface area contributed by atoms with Crippen LogP contribution in [0.3, 0.4) is 0 Å². The van der Waals surface area contributed by atoms with Gasteiger partial charge in [0, 0.05) is 11.6 Å². The molecule has 25 heavy (non-hydrogen) atoms. The number of benzene rings is 2. The number of ether oxygens (including phenoxy) is 2. The smallest absolute Gasteiger partial charge is 0.341 e. The van der Waals surface area contributed by atoms with Crippen molar-refractivity contribution in [1.29, 1.82) is 0 Å². The Morgan fingerprint density at radius 1 is 1.20 bits per heavy atom. The molecule has 0 bridgehead atoms. The number of nitrogens with one attached hydrogen (secondary N) is 1. The molecular weight excluding hydrogens is 320 g/mol. The second-order valence-electron chi connectivity index (χ2n) is 5.27. The highest BCUT2D eigenvalue weighted by Crippen LogP contribution is 2.35. The summed E-state index contributed by atoms with van der Waals surface area (Å²) in [4.78, 5) is 16.7. The zero-order chi connectivity index (χ0) is 17.8. The van der Waals surface area contributed by atoms with Gasteiger partial charge in [-0.1, -0.05) is 24.3 Å².